The number of aliphatic imine (C=N–C) groups is 2. The van der Waals surface area contributed by atoms with Gasteiger partial charge in [0.2, 0.25) is 11.8 Å². The topological polar surface area (TPSA) is 252 Å². The fourth-order valence-electron chi connectivity index (χ4n) is 3.52. The molecule has 42 heavy (non-hydrogen) atoms. The number of unbranched alkanes of at least 4 members (excludes halogenated alkanes) is 3. The van der Waals surface area contributed by atoms with Crippen LogP contribution in [-0.4, -0.2) is 118 Å². The Labute approximate surface area is 261 Å². The molecule has 0 rings (SSSR count). The van der Waals surface area contributed by atoms with Gasteiger partial charge >= 0.3 is 0 Å². The molecular formula is C26H59N11O3S2. The van der Waals surface area contributed by atoms with Gasteiger partial charge in [-0.1, -0.05) is 6.42 Å². The zero-order chi connectivity index (χ0) is 32.0. The lowest BCUT2D eigenvalue weighted by Crippen LogP contribution is -2.42. The molecule has 2 amide bonds. The number of thioether (sulfide) groups is 2. The fraction of sp³-hybridized carbons (Fsp3) is 0.846. The molecule has 0 fully saturated rings. The van der Waals surface area contributed by atoms with Gasteiger partial charge in [-0.2, -0.15) is 11.8 Å². The molecule has 0 aromatic heterocycles. The molecule has 2 unspecified atom stereocenters. The number of hydrogen-bond donors (Lipinski definition) is 8. The van der Waals surface area contributed by atoms with Crippen LogP contribution in [0, 0.1) is 0 Å². The first-order valence-corrected chi connectivity index (χ1v) is 17.2. The maximum atomic E-state index is 12.3. The van der Waals surface area contributed by atoms with Gasteiger partial charge in [0.05, 0.1) is 12.6 Å². The van der Waals surface area contributed by atoms with Crippen molar-refractivity contribution in [3.8, 4) is 0 Å². The zero-order valence-corrected chi connectivity index (χ0v) is 27.7. The minimum absolute atomic E-state index is 0.0695. The number of nitrogens with zero attached hydrogens (tertiary/aromatic N) is 3. The van der Waals surface area contributed by atoms with Gasteiger partial charge in [-0.15, -0.1) is 11.8 Å². The SMILES string of the molecule is COCCN(CCCNC(=O)C(N)CCCCN=C(N)N)CCCNC(=O)C(N)SCCCCCN=C(N)N.CSC. The van der Waals surface area contributed by atoms with Crippen LogP contribution in [0.4, 0.5) is 0 Å². The van der Waals surface area contributed by atoms with Gasteiger partial charge in [0.15, 0.2) is 11.9 Å². The van der Waals surface area contributed by atoms with Crippen molar-refractivity contribution in [1.29, 1.82) is 0 Å². The quantitative estimate of drug-likeness (QED) is 0.0264. The van der Waals surface area contributed by atoms with Crippen LogP contribution < -0.4 is 45.0 Å². The molecule has 0 radical (unpaired) electrons. The summed E-state index contributed by atoms with van der Waals surface area (Å²) in [6.45, 7) is 5.21. The van der Waals surface area contributed by atoms with E-state index in [0.717, 1.165) is 70.3 Å². The van der Waals surface area contributed by atoms with E-state index in [1.807, 2.05) is 12.5 Å². The molecule has 0 aliphatic heterocycles. The van der Waals surface area contributed by atoms with Gasteiger partial charge in [0, 0.05) is 39.8 Å². The summed E-state index contributed by atoms with van der Waals surface area (Å²) >= 11 is 3.20. The van der Waals surface area contributed by atoms with Gasteiger partial charge in [0.25, 0.3) is 0 Å². The van der Waals surface area contributed by atoms with Crippen molar-refractivity contribution in [2.24, 2.45) is 44.4 Å². The second-order valence-electron chi connectivity index (χ2n) is 9.60. The van der Waals surface area contributed by atoms with Crippen molar-refractivity contribution < 1.29 is 14.3 Å². The Morgan fingerprint density at radius 2 is 1.31 bits per heavy atom. The normalized spacial score (nSPS) is 12.0. The summed E-state index contributed by atoms with van der Waals surface area (Å²) < 4.78 is 5.21. The number of ether oxygens (including phenoxy) is 1. The highest BCUT2D eigenvalue weighted by Crippen LogP contribution is 2.10. The largest absolute Gasteiger partial charge is 0.383 e. The highest BCUT2D eigenvalue weighted by molar-refractivity contribution is 8.00. The van der Waals surface area contributed by atoms with E-state index in [2.05, 4.69) is 25.5 Å². The van der Waals surface area contributed by atoms with Gasteiger partial charge in [-0.3, -0.25) is 19.6 Å². The van der Waals surface area contributed by atoms with Crippen molar-refractivity contribution in [2.75, 3.05) is 77.8 Å². The van der Waals surface area contributed by atoms with Crippen LogP contribution in [0.1, 0.15) is 51.4 Å². The molecule has 0 bridgehead atoms. The summed E-state index contributed by atoms with van der Waals surface area (Å²) in [5.74, 6) is 0.684. The minimum atomic E-state index is -0.583. The Hall–Kier alpha value is -1.98. The first-order chi connectivity index (χ1) is 20.1. The summed E-state index contributed by atoms with van der Waals surface area (Å²) in [4.78, 5) is 34.6. The lowest BCUT2D eigenvalue weighted by atomic mass is 10.1. The van der Waals surface area contributed by atoms with Crippen LogP contribution in [0.3, 0.4) is 0 Å². The molecular weight excluding hydrogens is 578 g/mol. The molecule has 2 atom stereocenters. The van der Waals surface area contributed by atoms with Crippen LogP contribution >= 0.6 is 23.5 Å². The second kappa shape index (κ2) is 30.5. The smallest absolute Gasteiger partial charge is 0.247 e. The number of carbonyl (C=O) groups is 2. The number of amides is 2. The highest BCUT2D eigenvalue weighted by Gasteiger charge is 2.14. The Bertz CT molecular complexity index is 726. The van der Waals surface area contributed by atoms with Crippen molar-refractivity contribution in [1.82, 2.24) is 15.5 Å². The molecule has 14 N–H and O–H groups in total. The van der Waals surface area contributed by atoms with E-state index in [-0.39, 0.29) is 23.7 Å². The van der Waals surface area contributed by atoms with Crippen molar-refractivity contribution >= 4 is 47.3 Å². The number of carbonyl (C=O) groups excluding carboxylic acids is 2. The highest BCUT2D eigenvalue weighted by atomic mass is 32.2. The molecule has 16 heteroatoms. The van der Waals surface area contributed by atoms with Gasteiger partial charge in [-0.05, 0) is 76.3 Å². The van der Waals surface area contributed by atoms with E-state index >= 15 is 0 Å². The summed E-state index contributed by atoms with van der Waals surface area (Å²) in [5, 5.41) is 5.24. The van der Waals surface area contributed by atoms with Crippen LogP contribution in [0.5, 0.6) is 0 Å². The maximum Gasteiger partial charge on any atom is 0.247 e. The molecule has 0 aromatic carbocycles. The lowest BCUT2D eigenvalue weighted by molar-refractivity contribution is -0.122. The first-order valence-electron chi connectivity index (χ1n) is 14.5. The molecule has 0 spiro atoms. The Balaban J connectivity index is 0. The zero-order valence-electron chi connectivity index (χ0n) is 26.0. The number of methoxy groups -OCH3 is 1. The number of nitrogens with two attached hydrogens (primary N) is 6. The fourth-order valence-corrected chi connectivity index (χ4v) is 4.38. The average Bonchev–Trinajstić information content (AvgIpc) is 2.94. The summed E-state index contributed by atoms with van der Waals surface area (Å²) in [6, 6.07) is -0.544. The predicted molar refractivity (Wildman–Crippen MR) is 180 cm³/mol. The maximum absolute atomic E-state index is 12.3. The molecule has 0 saturated carbocycles. The van der Waals surface area contributed by atoms with E-state index in [0.29, 0.717) is 39.2 Å². The lowest BCUT2D eigenvalue weighted by Gasteiger charge is -2.22. The first kappa shape index (κ1) is 42.2. The van der Waals surface area contributed by atoms with Crippen molar-refractivity contribution in [3.05, 3.63) is 0 Å². The standard InChI is InChI=1S/C24H53N11O3S.C2H6S/c1-38-17-16-35(14-7-12-31-21(36)19(25)9-3-5-11-34-24(29)30)15-8-13-32-22(37)20(26)39-18-6-2-4-10-33-23(27)28;1-3-2/h19-20H,2-18,25-26H2,1H3,(H,31,36)(H,32,37)(H4,27,28,33)(H4,29,30,34);1-2H3. The van der Waals surface area contributed by atoms with Crippen molar-refractivity contribution in [2.45, 2.75) is 62.8 Å². The third-order valence-corrected chi connectivity index (χ3v) is 6.82. The molecule has 0 aliphatic carbocycles. The Morgan fingerprint density at radius 3 is 1.83 bits per heavy atom. The predicted octanol–water partition coefficient (Wildman–Crippen LogP) is -0.841. The number of guanidine groups is 2. The third-order valence-electron chi connectivity index (χ3n) is 5.72. The molecule has 0 heterocycles. The number of rotatable bonds is 25. The van der Waals surface area contributed by atoms with Crippen molar-refractivity contribution in [3.63, 3.8) is 0 Å². The summed E-state index contributed by atoms with van der Waals surface area (Å²) in [5.41, 5.74) is 33.1. The molecule has 0 aliphatic rings. The summed E-state index contributed by atoms with van der Waals surface area (Å²) in [7, 11) is 1.67. The summed E-state index contributed by atoms with van der Waals surface area (Å²) in [6.07, 6.45) is 10.6. The van der Waals surface area contributed by atoms with E-state index in [9.17, 15) is 9.59 Å². The van der Waals surface area contributed by atoms with Gasteiger partial charge in [-0.25, -0.2) is 0 Å². The minimum Gasteiger partial charge on any atom is -0.383 e. The van der Waals surface area contributed by atoms with Crippen LogP contribution in [0.15, 0.2) is 9.98 Å². The van der Waals surface area contributed by atoms with Gasteiger partial charge in [0.1, 0.15) is 5.37 Å². The monoisotopic (exact) mass is 637 g/mol. The Kier molecular flexibility index (Phi) is 30.6. The molecule has 0 saturated heterocycles. The van der Waals surface area contributed by atoms with E-state index < -0.39 is 11.4 Å². The van der Waals surface area contributed by atoms with E-state index in [1.54, 1.807) is 18.9 Å². The number of hydrogen-bond acceptors (Lipinski definition) is 10. The van der Waals surface area contributed by atoms with E-state index in [1.165, 1.54) is 11.8 Å². The van der Waals surface area contributed by atoms with Gasteiger partial charge < -0.3 is 54.7 Å². The van der Waals surface area contributed by atoms with Crippen LogP contribution in [-0.2, 0) is 14.3 Å². The molecule has 14 nitrogen and oxygen atoms in total. The Morgan fingerprint density at radius 1 is 0.786 bits per heavy atom. The molecule has 248 valence electrons. The van der Waals surface area contributed by atoms with Crippen LogP contribution in [0.2, 0.25) is 0 Å². The third kappa shape index (κ3) is 29.5. The second-order valence-corrected chi connectivity index (χ2v) is 11.7. The average molecular weight is 638 g/mol. The van der Waals surface area contributed by atoms with Crippen LogP contribution in [0.25, 0.3) is 0 Å². The van der Waals surface area contributed by atoms with E-state index in [4.69, 9.17) is 39.1 Å². The molecule has 0 aromatic rings. The number of nitrogens with one attached hydrogen (secondary N) is 2.